The van der Waals surface area contributed by atoms with E-state index in [2.05, 4.69) is 20.9 Å². The number of aromatic nitrogens is 1. The van der Waals surface area contributed by atoms with Gasteiger partial charge in [-0.25, -0.2) is 9.79 Å². The van der Waals surface area contributed by atoms with Gasteiger partial charge in [-0.2, -0.15) is 0 Å². The summed E-state index contributed by atoms with van der Waals surface area (Å²) in [5.74, 6) is 1.38. The number of benzene rings is 1. The van der Waals surface area contributed by atoms with Gasteiger partial charge in [-0.1, -0.05) is 17.4 Å². The first-order valence-electron chi connectivity index (χ1n) is 10.6. The molecule has 0 unspecified atom stereocenters. The van der Waals surface area contributed by atoms with E-state index >= 15 is 0 Å². The Morgan fingerprint density at radius 1 is 1.32 bits per heavy atom. The fraction of sp³-hybridized carbons (Fsp3) is 0.292. The minimum atomic E-state index is -0.700. The van der Waals surface area contributed by atoms with Gasteiger partial charge in [0.25, 0.3) is 5.56 Å². The fourth-order valence-electron chi connectivity index (χ4n) is 3.75. The maximum Gasteiger partial charge on any atom is 0.338 e. The van der Waals surface area contributed by atoms with E-state index in [-0.39, 0.29) is 12.2 Å². The Bertz CT molecular complexity index is 1460. The molecule has 0 saturated heterocycles. The Kier molecular flexibility index (Phi) is 6.81. The normalized spacial score (nSPS) is 15.7. The molecule has 2 aromatic heterocycles. The summed E-state index contributed by atoms with van der Waals surface area (Å²) in [4.78, 5) is 33.5. The van der Waals surface area contributed by atoms with E-state index in [0.717, 1.165) is 5.56 Å². The predicted octanol–water partition coefficient (Wildman–Crippen LogP) is 3.23. The molecule has 1 aliphatic rings. The van der Waals surface area contributed by atoms with Crippen LogP contribution >= 0.6 is 27.3 Å². The quantitative estimate of drug-likeness (QED) is 0.442. The van der Waals surface area contributed by atoms with Crippen molar-refractivity contribution in [3.05, 3.63) is 77.1 Å². The average molecular weight is 546 g/mol. The van der Waals surface area contributed by atoms with E-state index in [0.29, 0.717) is 42.5 Å². The van der Waals surface area contributed by atoms with Crippen molar-refractivity contribution in [2.24, 2.45) is 4.99 Å². The summed E-state index contributed by atoms with van der Waals surface area (Å²) in [6.45, 7) is 3.71. The first kappa shape index (κ1) is 24.0. The lowest BCUT2D eigenvalue weighted by Gasteiger charge is -2.25. The van der Waals surface area contributed by atoms with Gasteiger partial charge in [0, 0.05) is 26.2 Å². The molecule has 0 saturated carbocycles. The van der Waals surface area contributed by atoms with Crippen LogP contribution in [-0.4, -0.2) is 38.3 Å². The highest BCUT2D eigenvalue weighted by atomic mass is 79.9. The molecule has 1 atom stereocenters. The molecule has 178 valence electrons. The molecule has 0 bridgehead atoms. The maximum atomic E-state index is 13.6. The Hall–Kier alpha value is -3.11. The van der Waals surface area contributed by atoms with Crippen LogP contribution in [0, 0.1) is 0 Å². The molecule has 0 amide bonds. The van der Waals surface area contributed by atoms with Crippen molar-refractivity contribution in [1.82, 2.24) is 4.57 Å². The number of anilines is 1. The van der Waals surface area contributed by atoms with Crippen molar-refractivity contribution in [3.8, 4) is 5.75 Å². The van der Waals surface area contributed by atoms with E-state index in [9.17, 15) is 9.59 Å². The van der Waals surface area contributed by atoms with Gasteiger partial charge in [-0.3, -0.25) is 9.36 Å². The number of carbonyl (C=O) groups excluding carboxylic acids is 1. The fourth-order valence-corrected chi connectivity index (χ4v) is 5.33. The standard InChI is InChI=1S/C24H24BrN3O5S/c1-6-32-23(30)20-13(2)26-24-28(21(20)14-7-9-17(31-5)16(25)11-14)22(29)18(34-24)12-15-8-10-19(33-15)27(3)4/h7-12,21H,6H2,1-5H3/b18-12+/t21-/m1/s1. The second-order valence-corrected chi connectivity index (χ2v) is 9.63. The molecule has 1 aromatic carbocycles. The van der Waals surface area contributed by atoms with E-state index in [4.69, 9.17) is 13.9 Å². The van der Waals surface area contributed by atoms with Crippen molar-refractivity contribution in [2.75, 3.05) is 32.7 Å². The molecule has 0 fully saturated rings. The number of halogens is 1. The lowest BCUT2D eigenvalue weighted by Crippen LogP contribution is -2.39. The van der Waals surface area contributed by atoms with Gasteiger partial charge in [-0.15, -0.1) is 0 Å². The number of esters is 1. The molecule has 0 N–H and O–H groups in total. The molecule has 3 heterocycles. The number of rotatable bonds is 6. The van der Waals surface area contributed by atoms with Crippen LogP contribution in [0.25, 0.3) is 6.08 Å². The van der Waals surface area contributed by atoms with Gasteiger partial charge in [0.15, 0.2) is 10.7 Å². The van der Waals surface area contributed by atoms with Crippen molar-refractivity contribution < 1.29 is 18.7 Å². The summed E-state index contributed by atoms with van der Waals surface area (Å²) in [5, 5.41) is 0. The zero-order chi connectivity index (χ0) is 24.6. The van der Waals surface area contributed by atoms with Crippen LogP contribution in [0.2, 0.25) is 0 Å². The summed E-state index contributed by atoms with van der Waals surface area (Å²) in [6, 6.07) is 8.41. The van der Waals surface area contributed by atoms with Gasteiger partial charge < -0.3 is 18.8 Å². The summed E-state index contributed by atoms with van der Waals surface area (Å²) in [5.41, 5.74) is 1.30. The first-order valence-corrected chi connectivity index (χ1v) is 12.2. The van der Waals surface area contributed by atoms with Gasteiger partial charge in [0.05, 0.1) is 40.0 Å². The molecule has 0 radical (unpaired) electrons. The molecule has 3 aromatic rings. The number of carbonyl (C=O) groups is 1. The monoisotopic (exact) mass is 545 g/mol. The number of hydrogen-bond acceptors (Lipinski definition) is 8. The molecule has 8 nitrogen and oxygen atoms in total. The third-order valence-electron chi connectivity index (χ3n) is 5.34. The number of nitrogens with zero attached hydrogens (tertiary/aromatic N) is 3. The number of methoxy groups -OCH3 is 1. The molecule has 4 rings (SSSR count). The van der Waals surface area contributed by atoms with Crippen molar-refractivity contribution in [1.29, 1.82) is 0 Å². The molecular weight excluding hydrogens is 522 g/mol. The van der Waals surface area contributed by atoms with Crippen LogP contribution in [0.4, 0.5) is 5.88 Å². The third kappa shape index (κ3) is 4.35. The number of allylic oxidation sites excluding steroid dienone is 1. The van der Waals surface area contributed by atoms with Crippen molar-refractivity contribution >= 4 is 45.2 Å². The molecule has 0 aliphatic carbocycles. The van der Waals surface area contributed by atoms with Crippen molar-refractivity contribution in [3.63, 3.8) is 0 Å². The highest BCUT2D eigenvalue weighted by Crippen LogP contribution is 2.35. The van der Waals surface area contributed by atoms with Crippen LogP contribution in [0.3, 0.4) is 0 Å². The predicted molar refractivity (Wildman–Crippen MR) is 134 cm³/mol. The Morgan fingerprint density at radius 3 is 2.71 bits per heavy atom. The van der Waals surface area contributed by atoms with Gasteiger partial charge in [-0.05, 0) is 53.5 Å². The summed E-state index contributed by atoms with van der Waals surface area (Å²) >= 11 is 4.76. The molecule has 0 spiro atoms. The number of fused-ring (bicyclic) bond motifs is 1. The summed E-state index contributed by atoms with van der Waals surface area (Å²) < 4.78 is 19.2. The minimum Gasteiger partial charge on any atom is -0.496 e. The highest BCUT2D eigenvalue weighted by molar-refractivity contribution is 9.10. The zero-order valence-corrected chi connectivity index (χ0v) is 21.8. The molecule has 34 heavy (non-hydrogen) atoms. The van der Waals surface area contributed by atoms with Crippen LogP contribution in [0.15, 0.2) is 60.3 Å². The topological polar surface area (TPSA) is 86.3 Å². The molecule has 1 aliphatic heterocycles. The maximum absolute atomic E-state index is 13.6. The second-order valence-electron chi connectivity index (χ2n) is 7.77. The molecular formula is C24H24BrN3O5S. The van der Waals surface area contributed by atoms with Gasteiger partial charge in [0.1, 0.15) is 11.5 Å². The average Bonchev–Trinajstić information content (AvgIpc) is 3.38. The Balaban J connectivity index is 1.93. The number of hydrogen-bond donors (Lipinski definition) is 0. The smallest absolute Gasteiger partial charge is 0.338 e. The van der Waals surface area contributed by atoms with E-state index in [1.54, 1.807) is 43.7 Å². The number of furan rings is 1. The minimum absolute atomic E-state index is 0.214. The highest BCUT2D eigenvalue weighted by Gasteiger charge is 2.33. The Labute approximate surface area is 208 Å². The van der Waals surface area contributed by atoms with Crippen LogP contribution in [0.5, 0.6) is 5.75 Å². The van der Waals surface area contributed by atoms with Crippen molar-refractivity contribution in [2.45, 2.75) is 19.9 Å². The van der Waals surface area contributed by atoms with Crippen LogP contribution < -0.4 is 24.5 Å². The zero-order valence-electron chi connectivity index (χ0n) is 19.4. The summed E-state index contributed by atoms with van der Waals surface area (Å²) in [6.07, 6.45) is 1.70. The summed E-state index contributed by atoms with van der Waals surface area (Å²) in [7, 11) is 5.33. The number of thiazole rings is 1. The van der Waals surface area contributed by atoms with Gasteiger partial charge >= 0.3 is 5.97 Å². The van der Waals surface area contributed by atoms with E-state index in [1.165, 1.54) is 11.3 Å². The second kappa shape index (κ2) is 9.63. The Morgan fingerprint density at radius 2 is 2.09 bits per heavy atom. The first-order chi connectivity index (χ1) is 16.2. The SMILES string of the molecule is CCOC(=O)C1=C(C)N=c2s/c(=C/c3ccc(N(C)C)o3)c(=O)n2[C@@H]1c1ccc(OC)c(Br)c1. The van der Waals surface area contributed by atoms with Gasteiger partial charge in [0.2, 0.25) is 0 Å². The van der Waals surface area contributed by atoms with E-state index in [1.807, 2.05) is 37.2 Å². The van der Waals surface area contributed by atoms with E-state index < -0.39 is 12.0 Å². The number of ether oxygens (including phenoxy) is 2. The third-order valence-corrected chi connectivity index (χ3v) is 6.94. The lowest BCUT2D eigenvalue weighted by molar-refractivity contribution is -0.139. The van der Waals surface area contributed by atoms with Crippen LogP contribution in [-0.2, 0) is 9.53 Å². The van der Waals surface area contributed by atoms with Crippen LogP contribution in [0.1, 0.15) is 31.2 Å². The largest absolute Gasteiger partial charge is 0.496 e. The lowest BCUT2D eigenvalue weighted by atomic mass is 9.96. The molecule has 10 heteroatoms.